The van der Waals surface area contributed by atoms with E-state index in [0.717, 1.165) is 0 Å². The first-order valence-corrected chi connectivity index (χ1v) is 5.22. The predicted octanol–water partition coefficient (Wildman–Crippen LogP) is 1.91. The third kappa shape index (κ3) is 3.22. The van der Waals surface area contributed by atoms with Crippen LogP contribution in [0.5, 0.6) is 11.5 Å². The molecule has 1 aromatic heterocycles. The van der Waals surface area contributed by atoms with E-state index in [1.165, 1.54) is 12.1 Å². The van der Waals surface area contributed by atoms with Crippen molar-refractivity contribution in [2.24, 2.45) is 5.73 Å². The Balaban J connectivity index is 2.05. The lowest BCUT2D eigenvalue weighted by Crippen LogP contribution is -2.06. The normalized spacial score (nSPS) is 10.2. The highest BCUT2D eigenvalue weighted by Crippen LogP contribution is 2.19. The van der Waals surface area contributed by atoms with Gasteiger partial charge in [-0.1, -0.05) is 0 Å². The van der Waals surface area contributed by atoms with Gasteiger partial charge in [-0.3, -0.25) is 0 Å². The Morgan fingerprint density at radius 1 is 1.06 bits per heavy atom. The minimum Gasteiger partial charge on any atom is -0.454 e. The molecule has 1 heterocycles. The molecule has 0 fully saturated rings. The summed E-state index contributed by atoms with van der Waals surface area (Å²) in [6.45, 7) is 0.512. The standard InChI is InChI=1S/C12H12FN3O/c13-9-1-3-10(4-2-9)17-11-7-15-12(5-6-14)16-8-11/h1-4,7-8H,5-6,14H2. The molecule has 0 amide bonds. The van der Waals surface area contributed by atoms with E-state index < -0.39 is 0 Å². The van der Waals surface area contributed by atoms with E-state index in [1.54, 1.807) is 24.5 Å². The van der Waals surface area contributed by atoms with Crippen LogP contribution >= 0.6 is 0 Å². The van der Waals surface area contributed by atoms with Gasteiger partial charge in [-0.25, -0.2) is 14.4 Å². The molecule has 2 rings (SSSR count). The van der Waals surface area contributed by atoms with Gasteiger partial charge in [0.25, 0.3) is 0 Å². The molecule has 0 aliphatic rings. The van der Waals surface area contributed by atoms with E-state index in [1.807, 2.05) is 0 Å². The molecule has 0 saturated heterocycles. The highest BCUT2D eigenvalue weighted by atomic mass is 19.1. The molecule has 0 aliphatic heterocycles. The van der Waals surface area contributed by atoms with Gasteiger partial charge in [-0.2, -0.15) is 0 Å². The molecule has 2 N–H and O–H groups in total. The van der Waals surface area contributed by atoms with Crippen molar-refractivity contribution in [3.05, 3.63) is 48.3 Å². The van der Waals surface area contributed by atoms with E-state index in [-0.39, 0.29) is 5.82 Å². The molecule has 2 aromatic rings. The Hall–Kier alpha value is -2.01. The summed E-state index contributed by atoms with van der Waals surface area (Å²) in [7, 11) is 0. The molecular weight excluding hydrogens is 221 g/mol. The summed E-state index contributed by atoms with van der Waals surface area (Å²) in [4.78, 5) is 8.18. The van der Waals surface area contributed by atoms with Gasteiger partial charge in [0, 0.05) is 6.42 Å². The lowest BCUT2D eigenvalue weighted by atomic mass is 10.3. The van der Waals surface area contributed by atoms with Crippen molar-refractivity contribution in [2.45, 2.75) is 6.42 Å². The van der Waals surface area contributed by atoms with Crippen LogP contribution in [0.25, 0.3) is 0 Å². The summed E-state index contributed by atoms with van der Waals surface area (Å²) < 4.78 is 18.1. The molecule has 0 radical (unpaired) electrons. The van der Waals surface area contributed by atoms with Gasteiger partial charge >= 0.3 is 0 Å². The van der Waals surface area contributed by atoms with Crippen LogP contribution in [-0.4, -0.2) is 16.5 Å². The van der Waals surface area contributed by atoms with Crippen molar-refractivity contribution >= 4 is 0 Å². The topological polar surface area (TPSA) is 61.0 Å². The number of hydrogen-bond acceptors (Lipinski definition) is 4. The summed E-state index contributed by atoms with van der Waals surface area (Å²) in [6.07, 6.45) is 3.78. The lowest BCUT2D eigenvalue weighted by Gasteiger charge is -2.05. The first-order chi connectivity index (χ1) is 8.28. The highest BCUT2D eigenvalue weighted by Gasteiger charge is 2.00. The number of ether oxygens (including phenoxy) is 1. The van der Waals surface area contributed by atoms with E-state index in [4.69, 9.17) is 10.5 Å². The van der Waals surface area contributed by atoms with Gasteiger partial charge in [0.2, 0.25) is 0 Å². The van der Waals surface area contributed by atoms with Gasteiger partial charge in [0.05, 0.1) is 12.4 Å². The van der Waals surface area contributed by atoms with Crippen LogP contribution in [0.3, 0.4) is 0 Å². The fraction of sp³-hybridized carbons (Fsp3) is 0.167. The van der Waals surface area contributed by atoms with Crippen molar-refractivity contribution in [2.75, 3.05) is 6.54 Å². The number of rotatable bonds is 4. The van der Waals surface area contributed by atoms with Gasteiger partial charge in [0.1, 0.15) is 17.4 Å². The zero-order valence-electron chi connectivity index (χ0n) is 9.14. The number of nitrogens with two attached hydrogens (primary N) is 1. The molecule has 0 bridgehead atoms. The number of halogens is 1. The molecule has 0 aliphatic carbocycles. The number of hydrogen-bond donors (Lipinski definition) is 1. The fourth-order valence-corrected chi connectivity index (χ4v) is 1.29. The van der Waals surface area contributed by atoms with Gasteiger partial charge in [0.15, 0.2) is 5.75 Å². The molecule has 4 nitrogen and oxygen atoms in total. The van der Waals surface area contributed by atoms with Crippen LogP contribution < -0.4 is 10.5 Å². The predicted molar refractivity (Wildman–Crippen MR) is 61.3 cm³/mol. The van der Waals surface area contributed by atoms with Crippen LogP contribution in [0.1, 0.15) is 5.82 Å². The van der Waals surface area contributed by atoms with Crippen molar-refractivity contribution in [3.8, 4) is 11.5 Å². The van der Waals surface area contributed by atoms with Gasteiger partial charge in [-0.15, -0.1) is 0 Å². The second-order valence-corrected chi connectivity index (χ2v) is 3.43. The maximum Gasteiger partial charge on any atom is 0.164 e. The largest absolute Gasteiger partial charge is 0.454 e. The smallest absolute Gasteiger partial charge is 0.164 e. The van der Waals surface area contributed by atoms with E-state index in [0.29, 0.717) is 30.3 Å². The van der Waals surface area contributed by atoms with Crippen LogP contribution in [0.4, 0.5) is 4.39 Å². The van der Waals surface area contributed by atoms with Gasteiger partial charge in [-0.05, 0) is 30.8 Å². The van der Waals surface area contributed by atoms with E-state index >= 15 is 0 Å². The number of nitrogens with zero attached hydrogens (tertiary/aromatic N) is 2. The third-order valence-corrected chi connectivity index (χ3v) is 2.10. The number of aromatic nitrogens is 2. The Kier molecular flexibility index (Phi) is 3.62. The van der Waals surface area contributed by atoms with Crippen LogP contribution in [0.15, 0.2) is 36.7 Å². The summed E-state index contributed by atoms with van der Waals surface area (Å²) in [5, 5.41) is 0. The molecule has 0 unspecified atom stereocenters. The zero-order chi connectivity index (χ0) is 12.1. The van der Waals surface area contributed by atoms with E-state index in [9.17, 15) is 4.39 Å². The van der Waals surface area contributed by atoms with Crippen molar-refractivity contribution in [3.63, 3.8) is 0 Å². The molecule has 88 valence electrons. The second kappa shape index (κ2) is 5.36. The number of benzene rings is 1. The molecule has 0 spiro atoms. The average molecular weight is 233 g/mol. The summed E-state index contributed by atoms with van der Waals surface area (Å²) >= 11 is 0. The Morgan fingerprint density at radius 3 is 2.29 bits per heavy atom. The zero-order valence-corrected chi connectivity index (χ0v) is 9.14. The van der Waals surface area contributed by atoms with E-state index in [2.05, 4.69) is 9.97 Å². The summed E-state index contributed by atoms with van der Waals surface area (Å²) in [5.41, 5.74) is 5.39. The van der Waals surface area contributed by atoms with Crippen molar-refractivity contribution in [1.82, 2.24) is 9.97 Å². The fourth-order valence-electron chi connectivity index (χ4n) is 1.29. The Morgan fingerprint density at radius 2 is 1.71 bits per heavy atom. The highest BCUT2D eigenvalue weighted by molar-refractivity contribution is 5.28. The average Bonchev–Trinajstić information content (AvgIpc) is 2.35. The summed E-state index contributed by atoms with van der Waals surface area (Å²) in [6, 6.07) is 5.75. The molecule has 5 heteroatoms. The first kappa shape index (κ1) is 11.5. The first-order valence-electron chi connectivity index (χ1n) is 5.22. The van der Waals surface area contributed by atoms with Gasteiger partial charge < -0.3 is 10.5 Å². The lowest BCUT2D eigenvalue weighted by molar-refractivity contribution is 0.474. The molecular formula is C12H12FN3O. The quantitative estimate of drug-likeness (QED) is 0.876. The Bertz CT molecular complexity index is 470. The molecule has 0 saturated carbocycles. The molecule has 1 aromatic carbocycles. The van der Waals surface area contributed by atoms with Crippen LogP contribution in [0, 0.1) is 5.82 Å². The SMILES string of the molecule is NCCc1ncc(Oc2ccc(F)cc2)cn1. The minimum atomic E-state index is -0.299. The molecule has 0 atom stereocenters. The second-order valence-electron chi connectivity index (χ2n) is 3.43. The summed E-state index contributed by atoms with van der Waals surface area (Å²) in [5.74, 6) is 1.44. The Labute approximate surface area is 98.3 Å². The third-order valence-electron chi connectivity index (χ3n) is 2.10. The van der Waals surface area contributed by atoms with Crippen molar-refractivity contribution < 1.29 is 9.13 Å². The minimum absolute atomic E-state index is 0.299. The monoisotopic (exact) mass is 233 g/mol. The molecule has 17 heavy (non-hydrogen) atoms. The maximum atomic E-state index is 12.7. The van der Waals surface area contributed by atoms with Crippen molar-refractivity contribution in [1.29, 1.82) is 0 Å². The maximum absolute atomic E-state index is 12.7. The van der Waals surface area contributed by atoms with Crippen LogP contribution in [-0.2, 0) is 6.42 Å². The van der Waals surface area contributed by atoms with Crippen LogP contribution in [0.2, 0.25) is 0 Å².